The number of nitrogens with two attached hydrogens (primary N) is 1. The lowest BCUT2D eigenvalue weighted by atomic mass is 10.0. The van der Waals surface area contributed by atoms with Crippen LogP contribution >= 0.6 is 0 Å². The van der Waals surface area contributed by atoms with Gasteiger partial charge in [-0.25, -0.2) is 18.5 Å². The van der Waals surface area contributed by atoms with Crippen molar-refractivity contribution >= 4 is 10.0 Å². The Bertz CT molecular complexity index is 1560. The number of phenols is 1. The maximum atomic E-state index is 11.8. The van der Waals surface area contributed by atoms with Crippen molar-refractivity contribution in [3.05, 3.63) is 109 Å². The standard InChI is InChI=1S/C27H21N3O3S/c28-34(32,33)22-17-15-21(16-18-22)30-26(20-11-5-2-6-12-20)25(19-9-3-1-4-10-19)29-27(30)23-13-7-8-14-24(23)31/h1-18,31H,(H2,28,32,33). The van der Waals surface area contributed by atoms with Gasteiger partial charge in [-0.05, 0) is 36.4 Å². The molecule has 1 aromatic heterocycles. The molecule has 1 heterocycles. The van der Waals surface area contributed by atoms with E-state index in [1.54, 1.807) is 30.3 Å². The minimum absolute atomic E-state index is 0.0185. The zero-order chi connectivity index (χ0) is 23.7. The molecular formula is C27H21N3O3S. The van der Waals surface area contributed by atoms with Gasteiger partial charge in [0.2, 0.25) is 10.0 Å². The van der Waals surface area contributed by atoms with Crippen LogP contribution < -0.4 is 5.14 Å². The lowest BCUT2D eigenvalue weighted by molar-refractivity contribution is 0.477. The minimum Gasteiger partial charge on any atom is -0.507 e. The average Bonchev–Trinajstić information content (AvgIpc) is 3.25. The van der Waals surface area contributed by atoms with Crippen LogP contribution in [0.1, 0.15) is 0 Å². The van der Waals surface area contributed by atoms with Crippen molar-refractivity contribution in [3.63, 3.8) is 0 Å². The highest BCUT2D eigenvalue weighted by Gasteiger charge is 2.24. The Morgan fingerprint density at radius 1 is 0.706 bits per heavy atom. The summed E-state index contributed by atoms with van der Waals surface area (Å²) in [6.07, 6.45) is 0. The summed E-state index contributed by atoms with van der Waals surface area (Å²) in [5, 5.41) is 16.0. The van der Waals surface area contributed by atoms with E-state index in [1.807, 2.05) is 71.3 Å². The van der Waals surface area contributed by atoms with Gasteiger partial charge in [0.25, 0.3) is 0 Å². The molecule has 0 atom stereocenters. The Balaban J connectivity index is 1.87. The zero-order valence-electron chi connectivity index (χ0n) is 18.0. The van der Waals surface area contributed by atoms with Crippen molar-refractivity contribution in [1.29, 1.82) is 0 Å². The number of hydrogen-bond acceptors (Lipinski definition) is 4. The topological polar surface area (TPSA) is 98.2 Å². The van der Waals surface area contributed by atoms with Crippen molar-refractivity contribution in [3.8, 4) is 45.3 Å². The van der Waals surface area contributed by atoms with E-state index >= 15 is 0 Å². The first-order valence-corrected chi connectivity index (χ1v) is 12.1. The number of benzene rings is 4. The second-order valence-corrected chi connectivity index (χ2v) is 9.32. The highest BCUT2D eigenvalue weighted by atomic mass is 32.2. The van der Waals surface area contributed by atoms with Gasteiger partial charge in [0, 0.05) is 16.8 Å². The van der Waals surface area contributed by atoms with E-state index in [-0.39, 0.29) is 10.6 Å². The lowest BCUT2D eigenvalue weighted by Gasteiger charge is -2.14. The molecule has 3 N–H and O–H groups in total. The normalized spacial score (nSPS) is 11.4. The molecule has 7 heteroatoms. The Morgan fingerprint density at radius 3 is 1.85 bits per heavy atom. The van der Waals surface area contributed by atoms with E-state index in [0.717, 1.165) is 22.5 Å². The number of hydrogen-bond donors (Lipinski definition) is 2. The van der Waals surface area contributed by atoms with Crippen LogP contribution in [0.5, 0.6) is 5.75 Å². The van der Waals surface area contributed by atoms with Crippen molar-refractivity contribution < 1.29 is 13.5 Å². The summed E-state index contributed by atoms with van der Waals surface area (Å²) >= 11 is 0. The number of para-hydroxylation sites is 1. The molecule has 6 nitrogen and oxygen atoms in total. The second kappa shape index (κ2) is 8.62. The van der Waals surface area contributed by atoms with Gasteiger partial charge in [0.1, 0.15) is 11.6 Å². The SMILES string of the molecule is NS(=O)(=O)c1ccc(-n2c(-c3ccccc3O)nc(-c3ccccc3)c2-c2ccccc2)cc1. The molecule has 0 saturated carbocycles. The number of aromatic nitrogens is 2. The smallest absolute Gasteiger partial charge is 0.238 e. The molecule has 0 unspecified atom stereocenters. The first-order chi connectivity index (χ1) is 16.4. The number of nitrogens with zero attached hydrogens (tertiary/aromatic N) is 2. The largest absolute Gasteiger partial charge is 0.507 e. The molecule has 4 aromatic carbocycles. The molecule has 0 aliphatic carbocycles. The zero-order valence-corrected chi connectivity index (χ0v) is 18.9. The number of aromatic hydroxyl groups is 1. The van der Waals surface area contributed by atoms with Gasteiger partial charge in [0.15, 0.2) is 0 Å². The monoisotopic (exact) mass is 467 g/mol. The number of imidazole rings is 1. The molecule has 5 rings (SSSR count). The van der Waals surface area contributed by atoms with E-state index in [4.69, 9.17) is 10.1 Å². The molecule has 0 aliphatic heterocycles. The van der Waals surface area contributed by atoms with Crippen LogP contribution in [0, 0.1) is 0 Å². The van der Waals surface area contributed by atoms with Gasteiger partial charge >= 0.3 is 0 Å². The fourth-order valence-corrected chi connectivity index (χ4v) is 4.47. The summed E-state index contributed by atoms with van der Waals surface area (Å²) in [4.78, 5) is 5.01. The van der Waals surface area contributed by atoms with E-state index in [9.17, 15) is 13.5 Å². The Morgan fingerprint density at radius 2 is 1.26 bits per heavy atom. The fraction of sp³-hybridized carbons (Fsp3) is 0. The maximum Gasteiger partial charge on any atom is 0.238 e. The molecule has 5 aromatic rings. The average molecular weight is 468 g/mol. The van der Waals surface area contributed by atoms with Crippen molar-refractivity contribution in [1.82, 2.24) is 9.55 Å². The predicted octanol–water partition coefficient (Wildman–Crippen LogP) is 5.23. The third-order valence-corrected chi connectivity index (χ3v) is 6.47. The number of primary sulfonamides is 1. The van der Waals surface area contributed by atoms with Gasteiger partial charge in [-0.2, -0.15) is 0 Å². The predicted molar refractivity (Wildman–Crippen MR) is 133 cm³/mol. The van der Waals surface area contributed by atoms with Crippen LogP contribution in [0.2, 0.25) is 0 Å². The third kappa shape index (κ3) is 3.98. The van der Waals surface area contributed by atoms with Gasteiger partial charge in [-0.3, -0.25) is 4.57 Å². The molecule has 0 aliphatic rings. The molecule has 34 heavy (non-hydrogen) atoms. The maximum absolute atomic E-state index is 11.8. The first-order valence-electron chi connectivity index (χ1n) is 10.6. The Hall–Kier alpha value is -4.20. The molecule has 168 valence electrons. The van der Waals surface area contributed by atoms with Crippen molar-refractivity contribution in [2.24, 2.45) is 5.14 Å². The van der Waals surface area contributed by atoms with Gasteiger partial charge in [0.05, 0.1) is 21.8 Å². The van der Waals surface area contributed by atoms with Crippen LogP contribution in [0.4, 0.5) is 0 Å². The van der Waals surface area contributed by atoms with Crippen LogP contribution in [-0.4, -0.2) is 23.1 Å². The number of phenolic OH excluding ortho intramolecular Hbond substituents is 1. The Kier molecular flexibility index (Phi) is 5.49. The van der Waals surface area contributed by atoms with Gasteiger partial charge in [-0.15, -0.1) is 0 Å². The third-order valence-electron chi connectivity index (χ3n) is 5.54. The lowest BCUT2D eigenvalue weighted by Crippen LogP contribution is -2.12. The van der Waals surface area contributed by atoms with Crippen LogP contribution in [0.3, 0.4) is 0 Å². The molecule has 0 radical (unpaired) electrons. The molecular weight excluding hydrogens is 446 g/mol. The fourth-order valence-electron chi connectivity index (χ4n) is 3.96. The van der Waals surface area contributed by atoms with Crippen molar-refractivity contribution in [2.75, 3.05) is 0 Å². The highest BCUT2D eigenvalue weighted by molar-refractivity contribution is 7.89. The summed E-state index contributed by atoms with van der Waals surface area (Å²) < 4.78 is 25.6. The summed E-state index contributed by atoms with van der Waals surface area (Å²) in [6.45, 7) is 0. The molecule has 0 fully saturated rings. The van der Waals surface area contributed by atoms with E-state index in [1.165, 1.54) is 12.1 Å². The summed E-state index contributed by atoms with van der Waals surface area (Å²) in [5.41, 5.74) is 4.62. The van der Waals surface area contributed by atoms with E-state index < -0.39 is 10.0 Å². The number of rotatable bonds is 5. The summed E-state index contributed by atoms with van der Waals surface area (Å²) in [7, 11) is -3.84. The van der Waals surface area contributed by atoms with Gasteiger partial charge < -0.3 is 5.11 Å². The summed E-state index contributed by atoms with van der Waals surface area (Å²) in [5.74, 6) is 0.619. The molecule has 0 spiro atoms. The second-order valence-electron chi connectivity index (χ2n) is 7.76. The van der Waals surface area contributed by atoms with E-state index in [2.05, 4.69) is 0 Å². The Labute approximate surface area is 197 Å². The minimum atomic E-state index is -3.84. The quantitative estimate of drug-likeness (QED) is 0.370. The molecule has 0 amide bonds. The van der Waals surface area contributed by atoms with Gasteiger partial charge in [-0.1, -0.05) is 72.8 Å². The molecule has 0 saturated heterocycles. The first kappa shape index (κ1) is 21.6. The van der Waals surface area contributed by atoms with Crippen LogP contribution in [0.25, 0.3) is 39.6 Å². The summed E-state index contributed by atoms with van der Waals surface area (Å²) in [6, 6.07) is 33.0. The molecule has 0 bridgehead atoms. The van der Waals surface area contributed by atoms with Crippen molar-refractivity contribution in [2.45, 2.75) is 4.90 Å². The van der Waals surface area contributed by atoms with Crippen LogP contribution in [-0.2, 0) is 10.0 Å². The van der Waals surface area contributed by atoms with Crippen LogP contribution in [0.15, 0.2) is 114 Å². The van der Waals surface area contributed by atoms with E-state index in [0.29, 0.717) is 17.1 Å². The number of sulfonamides is 1. The highest BCUT2D eigenvalue weighted by Crippen LogP contribution is 2.40.